The molecule has 0 aliphatic heterocycles. The van der Waals surface area contributed by atoms with Crippen LogP contribution < -0.4 is 5.73 Å². The Morgan fingerprint density at radius 3 is 2.62 bits per heavy atom. The highest BCUT2D eigenvalue weighted by Gasteiger charge is 2.05. The van der Waals surface area contributed by atoms with Crippen LogP contribution in [0, 0.1) is 0 Å². The van der Waals surface area contributed by atoms with Crippen molar-refractivity contribution in [3.05, 3.63) is 33.3 Å². The maximum atomic E-state index is 8.77. The van der Waals surface area contributed by atoms with Gasteiger partial charge in [0.2, 0.25) is 0 Å². The zero-order chi connectivity index (χ0) is 9.14. The third-order valence-corrected chi connectivity index (χ3v) is 2.80. The minimum absolute atomic E-state index is 0. The van der Waals surface area contributed by atoms with E-state index in [1.165, 1.54) is 0 Å². The van der Waals surface area contributed by atoms with Crippen LogP contribution >= 0.6 is 39.9 Å². The first-order valence-electron chi connectivity index (χ1n) is 3.46. The molecule has 0 saturated heterocycles. The number of aliphatic hydroxyl groups is 1. The fraction of sp³-hybridized carbons (Fsp3) is 0.250. The summed E-state index contributed by atoms with van der Waals surface area (Å²) in [4.78, 5) is 0. The van der Waals surface area contributed by atoms with Gasteiger partial charge in [-0.25, -0.2) is 0 Å². The molecular formula is C8H10BrCl2NO. The van der Waals surface area contributed by atoms with Crippen LogP contribution in [-0.2, 0) is 0 Å². The van der Waals surface area contributed by atoms with E-state index in [4.69, 9.17) is 22.4 Å². The Bertz CT molecular complexity index is 283. The molecule has 13 heavy (non-hydrogen) atoms. The molecule has 0 radical (unpaired) electrons. The summed E-state index contributed by atoms with van der Waals surface area (Å²) in [6.45, 7) is -0.0715. The van der Waals surface area contributed by atoms with Crippen molar-refractivity contribution in [3.8, 4) is 0 Å². The van der Waals surface area contributed by atoms with E-state index in [2.05, 4.69) is 15.9 Å². The maximum absolute atomic E-state index is 8.77. The van der Waals surface area contributed by atoms with Gasteiger partial charge in [0.05, 0.1) is 17.7 Å². The van der Waals surface area contributed by atoms with Gasteiger partial charge < -0.3 is 10.8 Å². The highest BCUT2D eigenvalue weighted by Crippen LogP contribution is 2.25. The van der Waals surface area contributed by atoms with Crippen LogP contribution in [0.1, 0.15) is 11.6 Å². The minimum atomic E-state index is -0.351. The van der Waals surface area contributed by atoms with Crippen LogP contribution in [0.4, 0.5) is 0 Å². The standard InChI is InChI=1S/C8H9BrClNO.ClH/c9-6-2-1-5(3-7(6)10)8(11)4-12;/h1-3,8,12H,4,11H2;1H. The Hall–Kier alpha value is 0.200. The third kappa shape index (κ3) is 3.44. The lowest BCUT2D eigenvalue weighted by Crippen LogP contribution is -2.14. The fourth-order valence-corrected chi connectivity index (χ4v) is 1.28. The summed E-state index contributed by atoms with van der Waals surface area (Å²) in [5, 5.41) is 9.38. The molecule has 0 fully saturated rings. The first kappa shape index (κ1) is 13.2. The summed E-state index contributed by atoms with van der Waals surface area (Å²) in [6, 6.07) is 5.03. The van der Waals surface area contributed by atoms with Crippen molar-refractivity contribution < 1.29 is 5.11 Å². The van der Waals surface area contributed by atoms with E-state index in [0.717, 1.165) is 10.0 Å². The fourth-order valence-electron chi connectivity index (χ4n) is 0.848. The highest BCUT2D eigenvalue weighted by atomic mass is 79.9. The van der Waals surface area contributed by atoms with Gasteiger partial charge in [0, 0.05) is 4.47 Å². The van der Waals surface area contributed by atoms with Crippen LogP contribution in [0.5, 0.6) is 0 Å². The largest absolute Gasteiger partial charge is 0.394 e. The maximum Gasteiger partial charge on any atom is 0.0624 e. The quantitative estimate of drug-likeness (QED) is 0.878. The predicted octanol–water partition coefficient (Wildman–Crippen LogP) is 2.52. The molecule has 1 unspecified atom stereocenters. The van der Waals surface area contributed by atoms with Crippen molar-refractivity contribution in [2.75, 3.05) is 6.61 Å². The molecule has 1 atom stereocenters. The van der Waals surface area contributed by atoms with Crippen molar-refractivity contribution in [1.29, 1.82) is 0 Å². The lowest BCUT2D eigenvalue weighted by Gasteiger charge is -2.08. The minimum Gasteiger partial charge on any atom is -0.394 e. The molecule has 1 aromatic rings. The molecule has 0 aromatic heterocycles. The Balaban J connectivity index is 0.00000144. The van der Waals surface area contributed by atoms with Gasteiger partial charge in [0.25, 0.3) is 0 Å². The summed E-state index contributed by atoms with van der Waals surface area (Å²) in [5.41, 5.74) is 6.43. The smallest absolute Gasteiger partial charge is 0.0624 e. The zero-order valence-electron chi connectivity index (χ0n) is 6.71. The summed E-state index contributed by atoms with van der Waals surface area (Å²) < 4.78 is 0.832. The van der Waals surface area contributed by atoms with E-state index < -0.39 is 0 Å². The number of hydrogen-bond acceptors (Lipinski definition) is 2. The number of halogens is 3. The number of hydrogen-bond donors (Lipinski definition) is 2. The Morgan fingerprint density at radius 1 is 1.54 bits per heavy atom. The van der Waals surface area contributed by atoms with Crippen molar-refractivity contribution in [1.82, 2.24) is 0 Å². The van der Waals surface area contributed by atoms with Crippen molar-refractivity contribution in [2.24, 2.45) is 5.73 Å². The lowest BCUT2D eigenvalue weighted by molar-refractivity contribution is 0.268. The SMILES string of the molecule is Cl.NC(CO)c1ccc(Br)c(Cl)c1. The van der Waals surface area contributed by atoms with Crippen LogP contribution in [0.2, 0.25) is 5.02 Å². The summed E-state index contributed by atoms with van der Waals surface area (Å²) in [6.07, 6.45) is 0. The van der Waals surface area contributed by atoms with Crippen molar-refractivity contribution >= 4 is 39.9 Å². The van der Waals surface area contributed by atoms with Crippen molar-refractivity contribution in [2.45, 2.75) is 6.04 Å². The normalized spacial score (nSPS) is 12.0. The Morgan fingerprint density at radius 2 is 2.15 bits per heavy atom. The molecule has 0 amide bonds. The Labute approximate surface area is 96.6 Å². The van der Waals surface area contributed by atoms with E-state index in [9.17, 15) is 0 Å². The number of nitrogens with two attached hydrogens (primary N) is 1. The molecule has 0 spiro atoms. The van der Waals surface area contributed by atoms with Gasteiger partial charge in [-0.3, -0.25) is 0 Å². The zero-order valence-corrected chi connectivity index (χ0v) is 9.86. The average molecular weight is 287 g/mol. The van der Waals surface area contributed by atoms with E-state index in [1.54, 1.807) is 6.07 Å². The molecule has 0 aliphatic carbocycles. The predicted molar refractivity (Wildman–Crippen MR) is 60.4 cm³/mol. The summed E-state index contributed by atoms with van der Waals surface area (Å²) in [7, 11) is 0. The molecule has 2 nitrogen and oxygen atoms in total. The molecule has 1 aromatic carbocycles. The third-order valence-electron chi connectivity index (χ3n) is 1.57. The molecule has 3 N–H and O–H groups in total. The first-order chi connectivity index (χ1) is 5.65. The molecule has 0 saturated carbocycles. The van der Waals surface area contributed by atoms with Gasteiger partial charge in [0.1, 0.15) is 0 Å². The molecule has 5 heteroatoms. The van der Waals surface area contributed by atoms with E-state index in [-0.39, 0.29) is 25.1 Å². The highest BCUT2D eigenvalue weighted by molar-refractivity contribution is 9.10. The van der Waals surface area contributed by atoms with Gasteiger partial charge in [-0.1, -0.05) is 17.7 Å². The number of aliphatic hydroxyl groups excluding tert-OH is 1. The first-order valence-corrected chi connectivity index (χ1v) is 4.63. The van der Waals surface area contributed by atoms with Gasteiger partial charge in [-0.05, 0) is 33.6 Å². The van der Waals surface area contributed by atoms with Crippen LogP contribution in [0.3, 0.4) is 0 Å². The van der Waals surface area contributed by atoms with Gasteiger partial charge in [0.15, 0.2) is 0 Å². The molecule has 1 rings (SSSR count). The second-order valence-electron chi connectivity index (χ2n) is 2.46. The number of benzene rings is 1. The second-order valence-corrected chi connectivity index (χ2v) is 3.72. The molecular weight excluding hydrogens is 277 g/mol. The van der Waals surface area contributed by atoms with E-state index in [1.807, 2.05) is 12.1 Å². The van der Waals surface area contributed by atoms with E-state index >= 15 is 0 Å². The van der Waals surface area contributed by atoms with Gasteiger partial charge >= 0.3 is 0 Å². The van der Waals surface area contributed by atoms with Gasteiger partial charge in [-0.2, -0.15) is 0 Å². The molecule has 0 heterocycles. The van der Waals surface area contributed by atoms with E-state index in [0.29, 0.717) is 5.02 Å². The second kappa shape index (κ2) is 5.83. The molecule has 74 valence electrons. The molecule has 0 aliphatic rings. The summed E-state index contributed by atoms with van der Waals surface area (Å²) >= 11 is 9.10. The Kier molecular flexibility index (Phi) is 5.92. The van der Waals surface area contributed by atoms with Crippen LogP contribution in [0.15, 0.2) is 22.7 Å². The monoisotopic (exact) mass is 285 g/mol. The average Bonchev–Trinajstić information content (AvgIpc) is 2.08. The topological polar surface area (TPSA) is 46.2 Å². The number of rotatable bonds is 2. The van der Waals surface area contributed by atoms with Crippen LogP contribution in [0.25, 0.3) is 0 Å². The molecule has 0 bridgehead atoms. The van der Waals surface area contributed by atoms with Crippen LogP contribution in [-0.4, -0.2) is 11.7 Å². The van der Waals surface area contributed by atoms with Crippen molar-refractivity contribution in [3.63, 3.8) is 0 Å². The van der Waals surface area contributed by atoms with Gasteiger partial charge in [-0.15, -0.1) is 12.4 Å². The summed E-state index contributed by atoms with van der Waals surface area (Å²) in [5.74, 6) is 0. The lowest BCUT2D eigenvalue weighted by atomic mass is 10.1.